The minimum Gasteiger partial charge on any atom is -0.493 e. The number of hydrogen-bond acceptors (Lipinski definition) is 10. The zero-order chi connectivity index (χ0) is 35.0. The average Bonchev–Trinajstić information content (AvgIpc) is 3.47. The van der Waals surface area contributed by atoms with Crippen molar-refractivity contribution >= 4 is 40.0 Å². The molecule has 10 nitrogen and oxygen atoms in total. The molecule has 11 heteroatoms. The molecule has 1 aliphatic heterocycles. The van der Waals surface area contributed by atoms with Gasteiger partial charge >= 0.3 is 12.1 Å². The molecule has 3 aromatic carbocycles. The summed E-state index contributed by atoms with van der Waals surface area (Å²) in [7, 11) is 1.36. The number of rotatable bonds is 12. The molecular formula is C38H44N4O6S. The Balaban J connectivity index is 1.14. The van der Waals surface area contributed by atoms with Crippen molar-refractivity contribution in [2.45, 2.75) is 52.2 Å². The standard InChI is InChI=1S/C38H44N4O6S/c1-26-31(40-36(49-26)41-20-22-42(23-21-41)37(45)48-38(2,3)4)19-24-47-29-17-15-27(16-18-29)25-33(35(44)46-5)39-32-14-10-9-13-30(32)34(43)28-11-7-6-8-12-28/h6-18,33,39H,19-25H2,1-5H3. The van der Waals surface area contributed by atoms with Crippen LogP contribution in [0.25, 0.3) is 0 Å². The van der Waals surface area contributed by atoms with E-state index < -0.39 is 17.6 Å². The molecule has 0 bridgehead atoms. The van der Waals surface area contributed by atoms with Crippen LogP contribution < -0.4 is 15.0 Å². The Kier molecular flexibility index (Phi) is 11.6. The van der Waals surface area contributed by atoms with Crippen LogP contribution in [0.4, 0.5) is 15.6 Å². The smallest absolute Gasteiger partial charge is 0.410 e. The normalized spacial score (nSPS) is 13.8. The summed E-state index contributed by atoms with van der Waals surface area (Å²) in [5.74, 6) is 0.165. The minimum absolute atomic E-state index is 0.129. The highest BCUT2D eigenvalue weighted by Gasteiger charge is 2.27. The van der Waals surface area contributed by atoms with E-state index in [-0.39, 0.29) is 11.9 Å². The van der Waals surface area contributed by atoms with Crippen LogP contribution >= 0.6 is 11.3 Å². The summed E-state index contributed by atoms with van der Waals surface area (Å²) in [5, 5.41) is 4.21. The largest absolute Gasteiger partial charge is 0.493 e. The molecule has 1 aliphatic rings. The van der Waals surface area contributed by atoms with Crippen LogP contribution in [0.3, 0.4) is 0 Å². The van der Waals surface area contributed by atoms with Gasteiger partial charge in [-0.25, -0.2) is 14.6 Å². The van der Waals surface area contributed by atoms with E-state index >= 15 is 0 Å². The molecule has 5 rings (SSSR count). The topological polar surface area (TPSA) is 110 Å². The SMILES string of the molecule is COC(=O)C(Cc1ccc(OCCc2nc(N3CCN(C(=O)OC(C)(C)C)CC3)sc2C)cc1)Nc1ccccc1C(=O)c1ccccc1. The summed E-state index contributed by atoms with van der Waals surface area (Å²) in [4.78, 5) is 48.5. The van der Waals surface area contributed by atoms with E-state index in [9.17, 15) is 14.4 Å². The fourth-order valence-electron chi connectivity index (χ4n) is 5.49. The quantitative estimate of drug-likeness (QED) is 0.131. The molecule has 49 heavy (non-hydrogen) atoms. The summed E-state index contributed by atoms with van der Waals surface area (Å²) in [6.45, 7) is 10.8. The molecule has 4 aromatic rings. The zero-order valence-electron chi connectivity index (χ0n) is 28.7. The van der Waals surface area contributed by atoms with E-state index in [1.54, 1.807) is 46.6 Å². The van der Waals surface area contributed by atoms with Gasteiger partial charge in [0.05, 0.1) is 19.4 Å². The molecule has 0 radical (unpaired) electrons. The van der Waals surface area contributed by atoms with Crippen molar-refractivity contribution in [2.75, 3.05) is 50.1 Å². The molecule has 1 aromatic heterocycles. The predicted molar refractivity (Wildman–Crippen MR) is 192 cm³/mol. The molecule has 1 atom stereocenters. The van der Waals surface area contributed by atoms with Crippen molar-refractivity contribution in [3.05, 3.63) is 106 Å². The number of aryl methyl sites for hydroxylation is 1. The van der Waals surface area contributed by atoms with Crippen molar-refractivity contribution in [2.24, 2.45) is 0 Å². The Morgan fingerprint density at radius 1 is 0.918 bits per heavy atom. The number of ether oxygens (including phenoxy) is 3. The first kappa shape index (κ1) is 35.4. The number of aromatic nitrogens is 1. The molecule has 1 saturated heterocycles. The van der Waals surface area contributed by atoms with Crippen molar-refractivity contribution in [1.29, 1.82) is 0 Å². The van der Waals surface area contributed by atoms with Gasteiger partial charge in [0.2, 0.25) is 0 Å². The van der Waals surface area contributed by atoms with Gasteiger partial charge in [0.25, 0.3) is 0 Å². The van der Waals surface area contributed by atoms with Crippen LogP contribution in [0.1, 0.15) is 52.8 Å². The molecule has 2 heterocycles. The zero-order valence-corrected chi connectivity index (χ0v) is 29.5. The van der Waals surface area contributed by atoms with Crippen LogP contribution in [-0.2, 0) is 27.1 Å². The van der Waals surface area contributed by atoms with Gasteiger partial charge < -0.3 is 29.3 Å². The van der Waals surface area contributed by atoms with Gasteiger partial charge in [0.15, 0.2) is 10.9 Å². The molecule has 0 aliphatic carbocycles. The number of benzene rings is 3. The van der Waals surface area contributed by atoms with Crippen LogP contribution in [0.5, 0.6) is 5.75 Å². The second kappa shape index (κ2) is 16.0. The van der Waals surface area contributed by atoms with Gasteiger partial charge in [0, 0.05) is 60.7 Å². The average molecular weight is 685 g/mol. The fraction of sp³-hybridized carbons (Fsp3) is 0.368. The number of ketones is 1. The van der Waals surface area contributed by atoms with Crippen LogP contribution in [0.2, 0.25) is 0 Å². The van der Waals surface area contributed by atoms with E-state index in [1.165, 1.54) is 7.11 Å². The van der Waals surface area contributed by atoms with E-state index in [2.05, 4.69) is 17.1 Å². The van der Waals surface area contributed by atoms with Gasteiger partial charge in [-0.1, -0.05) is 54.6 Å². The summed E-state index contributed by atoms with van der Waals surface area (Å²) in [5.41, 5.74) is 3.02. The Morgan fingerprint density at radius 2 is 1.59 bits per heavy atom. The van der Waals surface area contributed by atoms with Gasteiger partial charge in [-0.3, -0.25) is 4.79 Å². The van der Waals surface area contributed by atoms with Crippen LogP contribution in [-0.4, -0.2) is 79.3 Å². The Morgan fingerprint density at radius 3 is 2.27 bits per heavy atom. The first-order valence-electron chi connectivity index (χ1n) is 16.4. The van der Waals surface area contributed by atoms with E-state index in [0.717, 1.165) is 27.0 Å². The number of methoxy groups -OCH3 is 1. The minimum atomic E-state index is -0.705. The highest BCUT2D eigenvalue weighted by atomic mass is 32.1. The van der Waals surface area contributed by atoms with Crippen molar-refractivity contribution < 1.29 is 28.6 Å². The summed E-state index contributed by atoms with van der Waals surface area (Å²) in [6.07, 6.45) is 0.747. The van der Waals surface area contributed by atoms with Gasteiger partial charge in [-0.05, 0) is 57.5 Å². The summed E-state index contributed by atoms with van der Waals surface area (Å²) < 4.78 is 16.7. The number of hydrogen-bond donors (Lipinski definition) is 1. The van der Waals surface area contributed by atoms with Gasteiger partial charge in [-0.2, -0.15) is 0 Å². The lowest BCUT2D eigenvalue weighted by atomic mass is 10.00. The maximum absolute atomic E-state index is 13.2. The number of carbonyl (C=O) groups excluding carboxylic acids is 3. The molecule has 1 unspecified atom stereocenters. The Labute approximate surface area is 292 Å². The number of esters is 1. The number of anilines is 2. The third kappa shape index (κ3) is 9.60. The number of para-hydroxylation sites is 1. The molecule has 1 fully saturated rings. The summed E-state index contributed by atoms with van der Waals surface area (Å²) in [6, 6.07) is 23.2. The Bertz CT molecular complexity index is 1730. The maximum Gasteiger partial charge on any atom is 0.410 e. The first-order chi connectivity index (χ1) is 23.5. The third-order valence-electron chi connectivity index (χ3n) is 8.08. The number of nitrogens with zero attached hydrogens (tertiary/aromatic N) is 3. The fourth-order valence-corrected chi connectivity index (χ4v) is 6.49. The highest BCUT2D eigenvalue weighted by Crippen LogP contribution is 2.28. The lowest BCUT2D eigenvalue weighted by Crippen LogP contribution is -2.50. The second-order valence-corrected chi connectivity index (χ2v) is 14.0. The van der Waals surface area contributed by atoms with E-state index in [4.69, 9.17) is 19.2 Å². The number of piperazine rings is 1. The van der Waals surface area contributed by atoms with E-state index in [0.29, 0.717) is 62.4 Å². The van der Waals surface area contributed by atoms with Crippen LogP contribution in [0, 0.1) is 6.92 Å². The third-order valence-corrected chi connectivity index (χ3v) is 9.15. The lowest BCUT2D eigenvalue weighted by Gasteiger charge is -2.35. The highest BCUT2D eigenvalue weighted by molar-refractivity contribution is 7.15. The molecule has 258 valence electrons. The molecule has 1 N–H and O–H groups in total. The molecule has 1 amide bonds. The maximum atomic E-state index is 13.2. The van der Waals surface area contributed by atoms with Gasteiger partial charge in [0.1, 0.15) is 17.4 Å². The summed E-state index contributed by atoms with van der Waals surface area (Å²) >= 11 is 1.66. The molecule has 0 spiro atoms. The molecule has 0 saturated carbocycles. The predicted octanol–water partition coefficient (Wildman–Crippen LogP) is 6.56. The van der Waals surface area contributed by atoms with Crippen LogP contribution in [0.15, 0.2) is 78.9 Å². The van der Waals surface area contributed by atoms with Crippen molar-refractivity contribution in [3.8, 4) is 5.75 Å². The van der Waals surface area contributed by atoms with Crippen molar-refractivity contribution in [3.63, 3.8) is 0 Å². The van der Waals surface area contributed by atoms with Crippen molar-refractivity contribution in [1.82, 2.24) is 9.88 Å². The first-order valence-corrected chi connectivity index (χ1v) is 17.3. The second-order valence-electron chi connectivity index (χ2n) is 12.9. The van der Waals surface area contributed by atoms with Gasteiger partial charge in [-0.15, -0.1) is 11.3 Å². The molecular weight excluding hydrogens is 641 g/mol. The lowest BCUT2D eigenvalue weighted by molar-refractivity contribution is -0.141. The number of carbonyl (C=O) groups is 3. The van der Waals surface area contributed by atoms with E-state index in [1.807, 2.05) is 69.3 Å². The number of nitrogens with one attached hydrogen (secondary N) is 1. The number of thiazole rings is 1. The Hall–Kier alpha value is -4.90. The number of amides is 1. The monoisotopic (exact) mass is 684 g/mol.